The molecule has 0 aliphatic rings. The third-order valence-corrected chi connectivity index (χ3v) is 4.40. The molecule has 3 rings (SSSR count). The number of rotatable bonds is 8. The van der Waals surface area contributed by atoms with Crippen LogP contribution >= 0.6 is 0 Å². The average molecular weight is 406 g/mol. The molecule has 2 amide bonds. The quantitative estimate of drug-likeness (QED) is 0.597. The van der Waals surface area contributed by atoms with Gasteiger partial charge < -0.3 is 25.3 Å². The molecular weight excluding hydrogens is 384 g/mol. The number of carbonyl (C=O) groups is 2. The molecule has 0 aliphatic carbocycles. The molecule has 0 bridgehead atoms. The number of nitrogens with two attached hydrogens (primary N) is 1. The Bertz CT molecular complexity index is 1050. The van der Waals surface area contributed by atoms with E-state index in [-0.39, 0.29) is 23.8 Å². The van der Waals surface area contributed by atoms with Crippen molar-refractivity contribution in [1.82, 2.24) is 0 Å². The number of ether oxygens (including phenoxy) is 3. The van der Waals surface area contributed by atoms with Crippen LogP contribution in [0.15, 0.2) is 66.7 Å². The smallest absolute Gasteiger partial charge is 0.262 e. The number of para-hydroxylation sites is 1. The number of hydrogen-bond acceptors (Lipinski definition) is 5. The van der Waals surface area contributed by atoms with Crippen LogP contribution in [0, 0.1) is 0 Å². The van der Waals surface area contributed by atoms with Gasteiger partial charge in [0.1, 0.15) is 17.2 Å². The van der Waals surface area contributed by atoms with Gasteiger partial charge in [-0.3, -0.25) is 9.59 Å². The predicted molar refractivity (Wildman–Crippen MR) is 114 cm³/mol. The largest absolute Gasteiger partial charge is 0.497 e. The molecule has 7 nitrogen and oxygen atoms in total. The summed E-state index contributed by atoms with van der Waals surface area (Å²) < 4.78 is 16.1. The molecule has 0 saturated carbocycles. The van der Waals surface area contributed by atoms with E-state index in [9.17, 15) is 9.59 Å². The van der Waals surface area contributed by atoms with Crippen LogP contribution in [-0.4, -0.2) is 32.6 Å². The summed E-state index contributed by atoms with van der Waals surface area (Å²) in [5.41, 5.74) is 7.85. The van der Waals surface area contributed by atoms with Crippen LogP contribution in [-0.2, 0) is 4.79 Å². The highest BCUT2D eigenvalue weighted by molar-refractivity contribution is 5.96. The molecular formula is C23H22N2O5. The number of carbonyl (C=O) groups excluding carboxylic acids is 2. The summed E-state index contributed by atoms with van der Waals surface area (Å²) in [6.45, 7) is -0.270. The Labute approximate surface area is 174 Å². The highest BCUT2D eigenvalue weighted by Crippen LogP contribution is 2.33. The second kappa shape index (κ2) is 9.47. The molecule has 0 unspecified atom stereocenters. The summed E-state index contributed by atoms with van der Waals surface area (Å²) in [5, 5.41) is 2.78. The van der Waals surface area contributed by atoms with Crippen molar-refractivity contribution >= 4 is 17.5 Å². The molecule has 7 heteroatoms. The first-order valence-electron chi connectivity index (χ1n) is 9.15. The number of benzene rings is 3. The van der Waals surface area contributed by atoms with Crippen LogP contribution in [0.25, 0.3) is 11.1 Å². The lowest BCUT2D eigenvalue weighted by atomic mass is 10.0. The molecule has 0 fully saturated rings. The van der Waals surface area contributed by atoms with Crippen LogP contribution in [0.3, 0.4) is 0 Å². The monoisotopic (exact) mass is 406 g/mol. The van der Waals surface area contributed by atoms with E-state index in [2.05, 4.69) is 5.32 Å². The normalized spacial score (nSPS) is 10.2. The number of anilines is 1. The molecule has 0 radical (unpaired) electrons. The van der Waals surface area contributed by atoms with Gasteiger partial charge >= 0.3 is 0 Å². The summed E-state index contributed by atoms with van der Waals surface area (Å²) in [5.74, 6) is 0.680. The van der Waals surface area contributed by atoms with Crippen molar-refractivity contribution in [3.05, 3.63) is 72.3 Å². The van der Waals surface area contributed by atoms with E-state index in [1.165, 1.54) is 0 Å². The molecule has 154 valence electrons. The molecule has 30 heavy (non-hydrogen) atoms. The van der Waals surface area contributed by atoms with Gasteiger partial charge in [0.15, 0.2) is 6.61 Å². The van der Waals surface area contributed by atoms with Crippen LogP contribution < -0.4 is 25.3 Å². The molecule has 0 spiro atoms. The Balaban J connectivity index is 1.73. The first kappa shape index (κ1) is 20.7. The van der Waals surface area contributed by atoms with Crippen LogP contribution in [0.2, 0.25) is 0 Å². The van der Waals surface area contributed by atoms with Gasteiger partial charge in [-0.05, 0) is 48.0 Å². The van der Waals surface area contributed by atoms with E-state index in [0.29, 0.717) is 11.4 Å². The second-order valence-electron chi connectivity index (χ2n) is 6.34. The van der Waals surface area contributed by atoms with E-state index >= 15 is 0 Å². The van der Waals surface area contributed by atoms with Gasteiger partial charge in [-0.1, -0.05) is 24.3 Å². The lowest BCUT2D eigenvalue weighted by Gasteiger charge is -2.13. The molecule has 0 saturated heterocycles. The van der Waals surface area contributed by atoms with E-state index in [0.717, 1.165) is 16.9 Å². The highest BCUT2D eigenvalue weighted by Gasteiger charge is 2.12. The zero-order chi connectivity index (χ0) is 21.5. The fourth-order valence-corrected chi connectivity index (χ4v) is 2.92. The number of primary amides is 1. The number of amides is 2. The van der Waals surface area contributed by atoms with Crippen molar-refractivity contribution in [3.63, 3.8) is 0 Å². The first-order valence-corrected chi connectivity index (χ1v) is 9.15. The summed E-state index contributed by atoms with van der Waals surface area (Å²) >= 11 is 0. The SMILES string of the molecule is COc1ccc(-c2cc(NC(=O)COc3ccccc3C(N)=O)ccc2OC)cc1. The lowest BCUT2D eigenvalue weighted by molar-refractivity contribution is -0.118. The van der Waals surface area contributed by atoms with Gasteiger partial charge in [0.25, 0.3) is 11.8 Å². The fraction of sp³-hybridized carbons (Fsp3) is 0.130. The number of hydrogen-bond donors (Lipinski definition) is 2. The minimum absolute atomic E-state index is 0.219. The van der Waals surface area contributed by atoms with Crippen molar-refractivity contribution in [1.29, 1.82) is 0 Å². The molecule has 0 aliphatic heterocycles. The van der Waals surface area contributed by atoms with Gasteiger partial charge in [0.2, 0.25) is 0 Å². The lowest BCUT2D eigenvalue weighted by Crippen LogP contribution is -2.21. The topological polar surface area (TPSA) is 99.9 Å². The third kappa shape index (κ3) is 4.88. The molecule has 0 atom stereocenters. The maximum atomic E-state index is 12.4. The molecule has 0 heterocycles. The molecule has 3 aromatic carbocycles. The van der Waals surface area contributed by atoms with Crippen molar-refractivity contribution in [2.24, 2.45) is 5.73 Å². The van der Waals surface area contributed by atoms with Gasteiger partial charge in [-0.15, -0.1) is 0 Å². The minimum atomic E-state index is -0.620. The van der Waals surface area contributed by atoms with Crippen LogP contribution in [0.5, 0.6) is 17.2 Å². The average Bonchev–Trinajstić information content (AvgIpc) is 2.78. The van der Waals surface area contributed by atoms with Crippen LogP contribution in [0.4, 0.5) is 5.69 Å². The fourth-order valence-electron chi connectivity index (χ4n) is 2.92. The first-order chi connectivity index (χ1) is 14.5. The third-order valence-electron chi connectivity index (χ3n) is 4.40. The van der Waals surface area contributed by atoms with Gasteiger partial charge in [0, 0.05) is 11.3 Å². The Morgan fingerprint density at radius 1 is 0.900 bits per heavy atom. The molecule has 3 aromatic rings. The van der Waals surface area contributed by atoms with Gasteiger partial charge in [0.05, 0.1) is 19.8 Å². The van der Waals surface area contributed by atoms with Crippen molar-refractivity contribution in [2.75, 3.05) is 26.1 Å². The van der Waals surface area contributed by atoms with Gasteiger partial charge in [-0.25, -0.2) is 0 Å². The number of methoxy groups -OCH3 is 2. The van der Waals surface area contributed by atoms with E-state index in [4.69, 9.17) is 19.9 Å². The van der Waals surface area contributed by atoms with E-state index < -0.39 is 5.91 Å². The Kier molecular flexibility index (Phi) is 6.54. The summed E-state index contributed by atoms with van der Waals surface area (Å²) in [6.07, 6.45) is 0. The molecule has 0 aromatic heterocycles. The number of nitrogens with one attached hydrogen (secondary N) is 1. The van der Waals surface area contributed by atoms with Crippen LogP contribution in [0.1, 0.15) is 10.4 Å². The zero-order valence-electron chi connectivity index (χ0n) is 16.7. The van der Waals surface area contributed by atoms with Crippen molar-refractivity contribution in [2.45, 2.75) is 0 Å². The maximum absolute atomic E-state index is 12.4. The Morgan fingerprint density at radius 3 is 2.30 bits per heavy atom. The van der Waals surface area contributed by atoms with E-state index in [1.807, 2.05) is 30.3 Å². The second-order valence-corrected chi connectivity index (χ2v) is 6.34. The molecule has 3 N–H and O–H groups in total. The van der Waals surface area contributed by atoms with Gasteiger partial charge in [-0.2, -0.15) is 0 Å². The summed E-state index contributed by atoms with van der Waals surface area (Å²) in [7, 11) is 3.19. The van der Waals surface area contributed by atoms with Crippen molar-refractivity contribution < 1.29 is 23.8 Å². The predicted octanol–water partition coefficient (Wildman–Crippen LogP) is 3.49. The maximum Gasteiger partial charge on any atom is 0.262 e. The standard InChI is InChI=1S/C23H22N2O5/c1-28-17-10-7-15(8-11-17)19-13-16(9-12-20(19)29-2)25-22(26)14-30-21-6-4-3-5-18(21)23(24)27/h3-13H,14H2,1-2H3,(H2,24,27)(H,25,26). The summed E-state index contributed by atoms with van der Waals surface area (Å²) in [6, 6.07) is 19.3. The zero-order valence-corrected chi connectivity index (χ0v) is 16.7. The van der Waals surface area contributed by atoms with Crippen molar-refractivity contribution in [3.8, 4) is 28.4 Å². The summed E-state index contributed by atoms with van der Waals surface area (Å²) in [4.78, 5) is 23.8. The highest BCUT2D eigenvalue weighted by atomic mass is 16.5. The van der Waals surface area contributed by atoms with E-state index in [1.54, 1.807) is 50.6 Å². The Morgan fingerprint density at radius 2 is 1.63 bits per heavy atom. The Hall–Kier alpha value is -4.00. The minimum Gasteiger partial charge on any atom is -0.497 e.